The third-order valence-electron chi connectivity index (χ3n) is 2.42. The van der Waals surface area contributed by atoms with Crippen molar-refractivity contribution in [2.75, 3.05) is 0 Å². The van der Waals surface area contributed by atoms with Gasteiger partial charge in [0.25, 0.3) is 0 Å². The molecular formula is C8H10F3N3. The molecule has 0 amide bonds. The highest BCUT2D eigenvalue weighted by atomic mass is 19.4. The van der Waals surface area contributed by atoms with Crippen molar-refractivity contribution in [3.8, 4) is 0 Å². The van der Waals surface area contributed by atoms with E-state index in [0.29, 0.717) is 18.7 Å². The number of rotatable bonds is 0. The Hall–Kier alpha value is -1.04. The molecule has 14 heavy (non-hydrogen) atoms. The highest BCUT2D eigenvalue weighted by Gasteiger charge is 2.38. The van der Waals surface area contributed by atoms with Gasteiger partial charge in [-0.15, -0.1) is 0 Å². The first-order valence-corrected chi connectivity index (χ1v) is 4.38. The number of fused-ring (bicyclic) bond motifs is 1. The van der Waals surface area contributed by atoms with Crippen molar-refractivity contribution < 1.29 is 13.2 Å². The lowest BCUT2D eigenvalue weighted by Gasteiger charge is -2.22. The second-order valence-corrected chi connectivity index (χ2v) is 3.40. The van der Waals surface area contributed by atoms with E-state index in [2.05, 4.69) is 4.98 Å². The van der Waals surface area contributed by atoms with Crippen molar-refractivity contribution in [2.24, 2.45) is 5.73 Å². The summed E-state index contributed by atoms with van der Waals surface area (Å²) in [4.78, 5) is 3.38. The molecular weight excluding hydrogens is 195 g/mol. The SMILES string of the molecule is NC1CCCn2c1cnc2C(F)(F)F. The Labute approximate surface area is 78.7 Å². The highest BCUT2D eigenvalue weighted by Crippen LogP contribution is 2.33. The van der Waals surface area contributed by atoms with Crippen LogP contribution in [-0.2, 0) is 12.7 Å². The van der Waals surface area contributed by atoms with E-state index < -0.39 is 12.0 Å². The summed E-state index contributed by atoms with van der Waals surface area (Å²) < 4.78 is 38.4. The number of aromatic nitrogens is 2. The van der Waals surface area contributed by atoms with Crippen molar-refractivity contribution in [3.63, 3.8) is 0 Å². The van der Waals surface area contributed by atoms with Crippen LogP contribution in [0.1, 0.15) is 30.4 Å². The van der Waals surface area contributed by atoms with E-state index in [0.717, 1.165) is 6.42 Å². The molecule has 6 heteroatoms. The van der Waals surface area contributed by atoms with Gasteiger partial charge in [0.05, 0.1) is 11.9 Å². The second-order valence-electron chi connectivity index (χ2n) is 3.40. The molecule has 3 nitrogen and oxygen atoms in total. The summed E-state index contributed by atoms with van der Waals surface area (Å²) in [7, 11) is 0. The molecule has 2 heterocycles. The van der Waals surface area contributed by atoms with Gasteiger partial charge in [0.15, 0.2) is 0 Å². The molecule has 0 fully saturated rings. The fourth-order valence-corrected chi connectivity index (χ4v) is 1.76. The van der Waals surface area contributed by atoms with Crippen LogP contribution >= 0.6 is 0 Å². The van der Waals surface area contributed by atoms with E-state index in [1.54, 1.807) is 0 Å². The lowest BCUT2D eigenvalue weighted by atomic mass is 10.1. The molecule has 0 bridgehead atoms. The van der Waals surface area contributed by atoms with Gasteiger partial charge in [-0.1, -0.05) is 0 Å². The van der Waals surface area contributed by atoms with Crippen molar-refractivity contribution in [3.05, 3.63) is 17.7 Å². The third-order valence-corrected chi connectivity index (χ3v) is 2.42. The van der Waals surface area contributed by atoms with Crippen LogP contribution in [0.4, 0.5) is 13.2 Å². The summed E-state index contributed by atoms with van der Waals surface area (Å²) >= 11 is 0. The number of alkyl halides is 3. The number of imidazole rings is 1. The maximum atomic E-state index is 12.4. The molecule has 0 spiro atoms. The molecule has 0 saturated heterocycles. The van der Waals surface area contributed by atoms with E-state index in [-0.39, 0.29) is 6.04 Å². The Morgan fingerprint density at radius 2 is 2.21 bits per heavy atom. The third kappa shape index (κ3) is 1.39. The van der Waals surface area contributed by atoms with Crippen molar-refractivity contribution >= 4 is 0 Å². The molecule has 1 atom stereocenters. The first-order valence-electron chi connectivity index (χ1n) is 4.38. The summed E-state index contributed by atoms with van der Waals surface area (Å²) in [6, 6.07) is -0.313. The average molecular weight is 205 g/mol. The molecule has 1 aromatic heterocycles. The van der Waals surface area contributed by atoms with E-state index in [1.807, 2.05) is 0 Å². The smallest absolute Gasteiger partial charge is 0.323 e. The number of hydrogen-bond acceptors (Lipinski definition) is 2. The quantitative estimate of drug-likeness (QED) is 0.700. The van der Waals surface area contributed by atoms with Crippen LogP contribution in [0.25, 0.3) is 0 Å². The van der Waals surface area contributed by atoms with Crippen molar-refractivity contribution in [2.45, 2.75) is 31.6 Å². The number of halogens is 3. The largest absolute Gasteiger partial charge is 0.449 e. The molecule has 1 aromatic rings. The minimum Gasteiger partial charge on any atom is -0.323 e. The zero-order valence-corrected chi connectivity index (χ0v) is 7.38. The predicted octanol–water partition coefficient (Wildman–Crippen LogP) is 1.70. The molecule has 1 aliphatic rings. The van der Waals surface area contributed by atoms with Gasteiger partial charge in [-0.3, -0.25) is 0 Å². The van der Waals surface area contributed by atoms with Crippen LogP contribution in [-0.4, -0.2) is 9.55 Å². The van der Waals surface area contributed by atoms with Gasteiger partial charge >= 0.3 is 6.18 Å². The van der Waals surface area contributed by atoms with Gasteiger partial charge < -0.3 is 10.3 Å². The molecule has 1 aliphatic heterocycles. The summed E-state index contributed by atoms with van der Waals surface area (Å²) in [5, 5.41) is 0. The number of hydrogen-bond donors (Lipinski definition) is 1. The maximum Gasteiger partial charge on any atom is 0.449 e. The van der Waals surface area contributed by atoms with Gasteiger partial charge in [-0.05, 0) is 12.8 Å². The van der Waals surface area contributed by atoms with Crippen LogP contribution in [0.2, 0.25) is 0 Å². The van der Waals surface area contributed by atoms with E-state index >= 15 is 0 Å². The van der Waals surface area contributed by atoms with Crippen LogP contribution in [0.15, 0.2) is 6.20 Å². The summed E-state index contributed by atoms with van der Waals surface area (Å²) in [5.41, 5.74) is 6.16. The number of nitrogens with two attached hydrogens (primary N) is 1. The number of nitrogens with zero attached hydrogens (tertiary/aromatic N) is 2. The Morgan fingerprint density at radius 1 is 1.50 bits per heavy atom. The van der Waals surface area contributed by atoms with Crippen LogP contribution in [0.5, 0.6) is 0 Å². The molecule has 0 aliphatic carbocycles. The summed E-state index contributed by atoms with van der Waals surface area (Å²) in [6.07, 6.45) is -1.75. The lowest BCUT2D eigenvalue weighted by Crippen LogP contribution is -2.25. The Kier molecular flexibility index (Phi) is 2.02. The molecule has 2 rings (SSSR count). The molecule has 2 N–H and O–H groups in total. The van der Waals surface area contributed by atoms with Crippen molar-refractivity contribution in [1.29, 1.82) is 0 Å². The first kappa shape index (κ1) is 9.51. The van der Waals surface area contributed by atoms with E-state index in [4.69, 9.17) is 5.73 Å². The zero-order valence-electron chi connectivity index (χ0n) is 7.38. The molecule has 78 valence electrons. The maximum absolute atomic E-state index is 12.4. The van der Waals surface area contributed by atoms with Gasteiger partial charge in [-0.25, -0.2) is 4.98 Å². The lowest BCUT2D eigenvalue weighted by molar-refractivity contribution is -0.147. The fraction of sp³-hybridized carbons (Fsp3) is 0.625. The molecule has 0 aromatic carbocycles. The summed E-state index contributed by atoms with van der Waals surface area (Å²) in [6.45, 7) is 0.359. The van der Waals surface area contributed by atoms with E-state index in [9.17, 15) is 13.2 Å². The topological polar surface area (TPSA) is 43.8 Å². The monoisotopic (exact) mass is 205 g/mol. The highest BCUT2D eigenvalue weighted by molar-refractivity contribution is 5.13. The van der Waals surface area contributed by atoms with Crippen LogP contribution < -0.4 is 5.73 Å². The minimum absolute atomic E-state index is 0.313. The Morgan fingerprint density at radius 3 is 2.86 bits per heavy atom. The Bertz CT molecular complexity index is 342. The normalized spacial score (nSPS) is 22.1. The first-order chi connectivity index (χ1) is 6.50. The molecule has 1 unspecified atom stereocenters. The average Bonchev–Trinajstić information content (AvgIpc) is 2.47. The zero-order chi connectivity index (χ0) is 10.3. The van der Waals surface area contributed by atoms with Gasteiger partial charge in [0.1, 0.15) is 0 Å². The predicted molar refractivity (Wildman–Crippen MR) is 43.4 cm³/mol. The molecule has 0 saturated carbocycles. The van der Waals surface area contributed by atoms with Crippen LogP contribution in [0.3, 0.4) is 0 Å². The summed E-state index contributed by atoms with van der Waals surface area (Å²) in [5.74, 6) is -0.831. The van der Waals surface area contributed by atoms with Gasteiger partial charge in [0, 0.05) is 12.6 Å². The van der Waals surface area contributed by atoms with Crippen molar-refractivity contribution in [1.82, 2.24) is 9.55 Å². The standard InChI is InChI=1S/C8H10F3N3/c9-8(10,11)7-13-4-6-5(12)2-1-3-14(6)7/h4-5H,1-3,12H2. The van der Waals surface area contributed by atoms with Gasteiger partial charge in [-0.2, -0.15) is 13.2 Å². The van der Waals surface area contributed by atoms with E-state index in [1.165, 1.54) is 10.8 Å². The molecule has 0 radical (unpaired) electrons. The van der Waals surface area contributed by atoms with Gasteiger partial charge in [0.2, 0.25) is 5.82 Å². The fourth-order valence-electron chi connectivity index (χ4n) is 1.76. The Balaban J connectivity index is 2.46. The second kappa shape index (κ2) is 2.98. The minimum atomic E-state index is -4.38. The van der Waals surface area contributed by atoms with Crippen LogP contribution in [0, 0.1) is 0 Å².